The molecular formula is C23H16ClF6N3O2S. The first kappa shape index (κ1) is 27.2. The first-order valence-corrected chi connectivity index (χ1v) is 11.1. The molecule has 1 heterocycles. The molecule has 0 spiro atoms. The van der Waals surface area contributed by atoms with Crippen LogP contribution in [0.5, 0.6) is 11.6 Å². The summed E-state index contributed by atoms with van der Waals surface area (Å²) >= 11 is 6.39. The highest BCUT2D eigenvalue weighted by atomic mass is 35.5. The van der Waals surface area contributed by atoms with E-state index in [1.165, 1.54) is 24.4 Å². The van der Waals surface area contributed by atoms with Gasteiger partial charge < -0.3 is 14.8 Å². The van der Waals surface area contributed by atoms with Crippen molar-refractivity contribution in [1.82, 2.24) is 4.98 Å². The van der Waals surface area contributed by atoms with E-state index < -0.39 is 40.2 Å². The number of aryl methyl sites for hydroxylation is 1. The number of nitrogens with zero attached hydrogens (tertiary/aromatic N) is 1. The van der Waals surface area contributed by atoms with Crippen molar-refractivity contribution in [2.75, 3.05) is 10.0 Å². The third kappa shape index (κ3) is 6.85. The summed E-state index contributed by atoms with van der Waals surface area (Å²) in [7, 11) is 0. The Balaban J connectivity index is 1.91. The van der Waals surface area contributed by atoms with Gasteiger partial charge in [0.15, 0.2) is 0 Å². The van der Waals surface area contributed by atoms with Crippen LogP contribution in [0.3, 0.4) is 0 Å². The lowest BCUT2D eigenvalue weighted by Crippen LogP contribution is -2.11. The normalized spacial score (nSPS) is 11.7. The van der Waals surface area contributed by atoms with Crippen LogP contribution < -0.4 is 14.8 Å². The molecule has 3 rings (SSSR count). The van der Waals surface area contributed by atoms with Crippen LogP contribution in [0.1, 0.15) is 16.7 Å². The van der Waals surface area contributed by atoms with Gasteiger partial charge in [-0.1, -0.05) is 18.2 Å². The van der Waals surface area contributed by atoms with Gasteiger partial charge in [0.25, 0.3) is 0 Å². The van der Waals surface area contributed by atoms with Crippen molar-refractivity contribution < 1.29 is 35.9 Å². The number of nitrogens with one attached hydrogen (secondary N) is 2. The number of hydrogen-bond acceptors (Lipinski definition) is 5. The second kappa shape index (κ2) is 10.7. The molecule has 190 valence electrons. The second-order valence-electron chi connectivity index (χ2n) is 7.21. The molecule has 0 unspecified atom stereocenters. The molecule has 0 fully saturated rings. The average Bonchev–Trinajstić information content (AvgIpc) is 2.79. The van der Waals surface area contributed by atoms with Crippen LogP contribution >= 0.6 is 23.5 Å². The fraction of sp³-hybridized carbons (Fsp3) is 0.130. The van der Waals surface area contributed by atoms with Crippen molar-refractivity contribution >= 4 is 40.8 Å². The van der Waals surface area contributed by atoms with E-state index in [4.69, 9.17) is 16.3 Å². The van der Waals surface area contributed by atoms with Gasteiger partial charge in [0, 0.05) is 16.8 Å². The average molecular weight is 548 g/mol. The molecule has 3 aromatic rings. The third-order valence-electron chi connectivity index (χ3n) is 4.45. The molecule has 0 aliphatic carbocycles. The van der Waals surface area contributed by atoms with Crippen LogP contribution in [-0.4, -0.2) is 10.9 Å². The van der Waals surface area contributed by atoms with Crippen LogP contribution in [0, 0.1) is 6.92 Å². The topological polar surface area (TPSA) is 63.2 Å². The molecule has 36 heavy (non-hydrogen) atoms. The summed E-state index contributed by atoms with van der Waals surface area (Å²) in [5.74, 6) is -1.56. The minimum atomic E-state index is -4.84. The zero-order valence-electron chi connectivity index (χ0n) is 18.2. The summed E-state index contributed by atoms with van der Waals surface area (Å²) in [4.78, 5) is 15.6. The summed E-state index contributed by atoms with van der Waals surface area (Å²) in [6, 6.07) is 7.67. The first-order chi connectivity index (χ1) is 16.8. The molecule has 1 amide bonds. The number of benzene rings is 2. The Hall–Kier alpha value is -3.38. The van der Waals surface area contributed by atoms with Crippen LogP contribution in [-0.2, 0) is 17.1 Å². The van der Waals surface area contributed by atoms with Crippen LogP contribution in [0.25, 0.3) is 0 Å². The van der Waals surface area contributed by atoms with E-state index in [-0.39, 0.29) is 22.2 Å². The number of aromatic nitrogens is 1. The first-order valence-electron chi connectivity index (χ1n) is 9.86. The fourth-order valence-electron chi connectivity index (χ4n) is 2.83. The van der Waals surface area contributed by atoms with Gasteiger partial charge in [0.2, 0.25) is 11.8 Å². The van der Waals surface area contributed by atoms with Crippen molar-refractivity contribution in [2.45, 2.75) is 24.2 Å². The molecule has 0 atom stereocenters. The molecule has 0 aliphatic heterocycles. The predicted molar refractivity (Wildman–Crippen MR) is 125 cm³/mol. The van der Waals surface area contributed by atoms with E-state index >= 15 is 0 Å². The SMILES string of the molecule is C=CC(=O)Nc1ccc(Oc2ncc(C)cc2NSc2ccc(Cl)c(C(F)(F)F)c2)c(C(F)(F)F)c1. The number of halogens is 7. The summed E-state index contributed by atoms with van der Waals surface area (Å²) in [6.07, 6.45) is -7.25. The molecule has 2 N–H and O–H groups in total. The van der Waals surface area contributed by atoms with E-state index in [0.29, 0.717) is 11.6 Å². The molecule has 1 aromatic heterocycles. The van der Waals surface area contributed by atoms with Gasteiger partial charge in [-0.15, -0.1) is 0 Å². The second-order valence-corrected chi connectivity index (χ2v) is 8.50. The largest absolute Gasteiger partial charge is 0.436 e. The van der Waals surface area contributed by atoms with Crippen LogP contribution in [0.2, 0.25) is 5.02 Å². The number of alkyl halides is 6. The zero-order chi connectivity index (χ0) is 26.7. The Bertz CT molecular complexity index is 1300. The molecule has 2 aromatic carbocycles. The number of hydrogen-bond donors (Lipinski definition) is 2. The Labute approximate surface area is 210 Å². The standard InChI is InChI=1S/C23H16ClF6N3O2S/c1-3-20(34)32-13-4-7-19(16(9-13)23(28,29)30)35-21-18(8-12(2)11-31-21)33-36-14-5-6-17(24)15(10-14)22(25,26)27/h3-11,33H,1H2,2H3,(H,32,34). The lowest BCUT2D eigenvalue weighted by molar-refractivity contribution is -0.139. The van der Waals surface area contributed by atoms with E-state index in [1.54, 1.807) is 6.92 Å². The van der Waals surface area contributed by atoms with Crippen LogP contribution in [0.15, 0.2) is 66.2 Å². The molecule has 0 saturated carbocycles. The number of carbonyl (C=O) groups is 1. The lowest BCUT2D eigenvalue weighted by Gasteiger charge is -2.17. The number of anilines is 2. The minimum absolute atomic E-state index is 0.112. The van der Waals surface area contributed by atoms with Gasteiger partial charge in [-0.3, -0.25) is 4.79 Å². The zero-order valence-corrected chi connectivity index (χ0v) is 19.8. The molecule has 0 bridgehead atoms. The molecule has 0 aliphatic rings. The smallest absolute Gasteiger partial charge is 0.420 e. The predicted octanol–water partition coefficient (Wildman–Crippen LogP) is 8.12. The molecular weight excluding hydrogens is 532 g/mol. The Morgan fingerprint density at radius 2 is 1.75 bits per heavy atom. The Kier molecular flexibility index (Phi) is 8.09. The van der Waals surface area contributed by atoms with E-state index in [2.05, 4.69) is 21.6 Å². The van der Waals surface area contributed by atoms with Gasteiger partial charge in [-0.2, -0.15) is 26.3 Å². The summed E-state index contributed by atoms with van der Waals surface area (Å²) in [6.45, 7) is 4.90. The monoisotopic (exact) mass is 547 g/mol. The van der Waals surface area contributed by atoms with Crippen molar-refractivity contribution in [3.63, 3.8) is 0 Å². The highest BCUT2D eigenvalue weighted by Gasteiger charge is 2.36. The van der Waals surface area contributed by atoms with Gasteiger partial charge in [0.05, 0.1) is 10.6 Å². The van der Waals surface area contributed by atoms with E-state index in [1.807, 2.05) is 0 Å². The number of amides is 1. The van der Waals surface area contributed by atoms with Gasteiger partial charge in [-0.05, 0) is 73.0 Å². The molecule has 0 saturated heterocycles. The van der Waals surface area contributed by atoms with E-state index in [0.717, 1.165) is 36.2 Å². The fourth-order valence-corrected chi connectivity index (χ4v) is 3.74. The van der Waals surface area contributed by atoms with Crippen LogP contribution in [0.4, 0.5) is 37.7 Å². The highest BCUT2D eigenvalue weighted by molar-refractivity contribution is 8.00. The maximum Gasteiger partial charge on any atom is 0.420 e. The number of pyridine rings is 1. The molecule has 0 radical (unpaired) electrons. The van der Waals surface area contributed by atoms with Crippen molar-refractivity contribution in [1.29, 1.82) is 0 Å². The van der Waals surface area contributed by atoms with Gasteiger partial charge in [-0.25, -0.2) is 4.98 Å². The number of carbonyl (C=O) groups excluding carboxylic acids is 1. The maximum atomic E-state index is 13.7. The number of rotatable bonds is 7. The summed E-state index contributed by atoms with van der Waals surface area (Å²) < 4.78 is 88.7. The van der Waals surface area contributed by atoms with Crippen molar-refractivity contribution in [2.24, 2.45) is 0 Å². The van der Waals surface area contributed by atoms with E-state index in [9.17, 15) is 31.1 Å². The van der Waals surface area contributed by atoms with Gasteiger partial charge in [0.1, 0.15) is 17.0 Å². The van der Waals surface area contributed by atoms with Gasteiger partial charge >= 0.3 is 12.4 Å². The maximum absolute atomic E-state index is 13.7. The summed E-state index contributed by atoms with van der Waals surface area (Å²) in [5, 5.41) is 1.77. The third-order valence-corrected chi connectivity index (χ3v) is 5.60. The Morgan fingerprint density at radius 3 is 2.39 bits per heavy atom. The Morgan fingerprint density at radius 1 is 1.06 bits per heavy atom. The highest BCUT2D eigenvalue weighted by Crippen LogP contribution is 2.42. The van der Waals surface area contributed by atoms with Crippen molar-refractivity contribution in [3.05, 3.63) is 83.0 Å². The summed E-state index contributed by atoms with van der Waals surface area (Å²) in [5.41, 5.74) is -1.63. The number of ether oxygens (including phenoxy) is 1. The molecule has 13 heteroatoms. The quantitative estimate of drug-likeness (QED) is 0.178. The minimum Gasteiger partial charge on any atom is -0.436 e. The lowest BCUT2D eigenvalue weighted by atomic mass is 10.1. The molecule has 5 nitrogen and oxygen atoms in total. The van der Waals surface area contributed by atoms with Crippen molar-refractivity contribution in [3.8, 4) is 11.6 Å².